The predicted molar refractivity (Wildman–Crippen MR) is 77.1 cm³/mol. The lowest BCUT2D eigenvalue weighted by molar-refractivity contribution is -0.138. The van der Waals surface area contributed by atoms with Gasteiger partial charge in [-0.2, -0.15) is 0 Å². The lowest BCUT2D eigenvalue weighted by atomic mass is 9.97. The highest BCUT2D eigenvalue weighted by molar-refractivity contribution is 5.80. The smallest absolute Gasteiger partial charge is 0.244 e. The van der Waals surface area contributed by atoms with Crippen LogP contribution in [0.25, 0.3) is 11.0 Å². The number of piperidine rings is 1. The summed E-state index contributed by atoms with van der Waals surface area (Å²) in [4.78, 5) is 14.6. The van der Waals surface area contributed by atoms with Gasteiger partial charge in [0.25, 0.3) is 0 Å². The molecular formula is C15H20N4O. The van der Waals surface area contributed by atoms with Crippen molar-refractivity contribution in [1.82, 2.24) is 19.9 Å². The number of benzene rings is 1. The van der Waals surface area contributed by atoms with E-state index in [0.29, 0.717) is 12.1 Å². The molecule has 2 heterocycles. The molecule has 0 aliphatic carbocycles. The molecule has 0 saturated carbocycles. The number of fused-ring (bicyclic) bond motifs is 1. The lowest BCUT2D eigenvalue weighted by Gasteiger charge is -2.39. The zero-order valence-electron chi connectivity index (χ0n) is 12.0. The second-order valence-electron chi connectivity index (χ2n) is 5.67. The third-order valence-electron chi connectivity index (χ3n) is 4.19. The maximum absolute atomic E-state index is 12.6. The van der Waals surface area contributed by atoms with Gasteiger partial charge in [-0.25, -0.2) is 4.68 Å². The number of carbonyl (C=O) groups is 1. The van der Waals surface area contributed by atoms with Crippen LogP contribution >= 0.6 is 0 Å². The molecule has 0 spiro atoms. The molecule has 20 heavy (non-hydrogen) atoms. The van der Waals surface area contributed by atoms with Crippen molar-refractivity contribution < 1.29 is 4.79 Å². The Morgan fingerprint density at radius 2 is 1.95 bits per heavy atom. The summed E-state index contributed by atoms with van der Waals surface area (Å²) < 4.78 is 1.70. The molecule has 0 bridgehead atoms. The van der Waals surface area contributed by atoms with Gasteiger partial charge in [-0.3, -0.25) is 4.79 Å². The van der Waals surface area contributed by atoms with Crippen LogP contribution in [0.2, 0.25) is 0 Å². The number of rotatable bonds is 2. The molecule has 0 N–H and O–H groups in total. The first kappa shape index (κ1) is 13.1. The van der Waals surface area contributed by atoms with E-state index in [4.69, 9.17) is 0 Å². The van der Waals surface area contributed by atoms with Crippen molar-refractivity contribution in [2.45, 2.75) is 51.7 Å². The lowest BCUT2D eigenvalue weighted by Crippen LogP contribution is -2.48. The molecule has 5 nitrogen and oxygen atoms in total. The van der Waals surface area contributed by atoms with E-state index in [-0.39, 0.29) is 12.5 Å². The van der Waals surface area contributed by atoms with E-state index < -0.39 is 0 Å². The molecule has 1 amide bonds. The number of para-hydroxylation sites is 1. The van der Waals surface area contributed by atoms with E-state index in [0.717, 1.165) is 23.9 Å². The van der Waals surface area contributed by atoms with Crippen molar-refractivity contribution in [2.24, 2.45) is 0 Å². The van der Waals surface area contributed by atoms with Gasteiger partial charge in [0.05, 0.1) is 5.52 Å². The highest BCUT2D eigenvalue weighted by Crippen LogP contribution is 2.23. The first-order chi connectivity index (χ1) is 9.66. The summed E-state index contributed by atoms with van der Waals surface area (Å²) in [5.41, 5.74) is 1.75. The highest BCUT2D eigenvalue weighted by atomic mass is 16.2. The van der Waals surface area contributed by atoms with Crippen molar-refractivity contribution in [3.63, 3.8) is 0 Å². The van der Waals surface area contributed by atoms with Crippen molar-refractivity contribution >= 4 is 16.9 Å². The first-order valence-corrected chi connectivity index (χ1v) is 7.26. The minimum absolute atomic E-state index is 0.139. The van der Waals surface area contributed by atoms with Crippen LogP contribution in [0.15, 0.2) is 24.3 Å². The Bertz CT molecular complexity index is 611. The summed E-state index contributed by atoms with van der Waals surface area (Å²) in [6.45, 7) is 4.54. The average Bonchev–Trinajstić information content (AvgIpc) is 2.82. The van der Waals surface area contributed by atoms with Gasteiger partial charge in [-0.15, -0.1) is 5.10 Å². The number of aromatic nitrogens is 3. The van der Waals surface area contributed by atoms with Gasteiger partial charge >= 0.3 is 0 Å². The van der Waals surface area contributed by atoms with Crippen LogP contribution in [-0.4, -0.2) is 37.9 Å². The number of hydrogen-bond acceptors (Lipinski definition) is 3. The van der Waals surface area contributed by atoms with Gasteiger partial charge in [0.15, 0.2) is 0 Å². The third kappa shape index (κ3) is 2.28. The van der Waals surface area contributed by atoms with E-state index in [1.54, 1.807) is 4.68 Å². The van der Waals surface area contributed by atoms with E-state index in [1.165, 1.54) is 6.42 Å². The maximum atomic E-state index is 12.6. The molecule has 1 saturated heterocycles. The largest absolute Gasteiger partial charge is 0.336 e. The number of amides is 1. The molecule has 2 atom stereocenters. The number of likely N-dealkylation sites (tertiary alicyclic amines) is 1. The molecular weight excluding hydrogens is 252 g/mol. The Balaban J connectivity index is 1.81. The Labute approximate surface area is 118 Å². The fraction of sp³-hybridized carbons (Fsp3) is 0.533. The second-order valence-corrected chi connectivity index (χ2v) is 5.67. The Morgan fingerprint density at radius 1 is 1.25 bits per heavy atom. The van der Waals surface area contributed by atoms with Crippen LogP contribution in [0.3, 0.4) is 0 Å². The van der Waals surface area contributed by atoms with E-state index >= 15 is 0 Å². The summed E-state index contributed by atoms with van der Waals surface area (Å²) >= 11 is 0. The molecule has 1 aromatic heterocycles. The first-order valence-electron chi connectivity index (χ1n) is 7.26. The minimum Gasteiger partial charge on any atom is -0.336 e. The Kier molecular flexibility index (Phi) is 3.42. The molecule has 0 unspecified atom stereocenters. The SMILES string of the molecule is C[C@H]1CCC[C@H](C)N1C(=O)Cn1nnc2ccccc21. The van der Waals surface area contributed by atoms with Gasteiger partial charge in [0, 0.05) is 12.1 Å². The third-order valence-corrected chi connectivity index (χ3v) is 4.19. The van der Waals surface area contributed by atoms with Gasteiger partial charge in [0.2, 0.25) is 5.91 Å². The van der Waals surface area contributed by atoms with Gasteiger partial charge in [0.1, 0.15) is 12.1 Å². The van der Waals surface area contributed by atoms with Crippen molar-refractivity contribution in [2.75, 3.05) is 0 Å². The van der Waals surface area contributed by atoms with E-state index in [9.17, 15) is 4.79 Å². The van der Waals surface area contributed by atoms with Crippen LogP contribution < -0.4 is 0 Å². The summed E-state index contributed by atoms with van der Waals surface area (Å²) in [5, 5.41) is 8.20. The van der Waals surface area contributed by atoms with Crippen molar-refractivity contribution in [1.29, 1.82) is 0 Å². The summed E-state index contributed by atoms with van der Waals surface area (Å²) in [6, 6.07) is 8.37. The summed E-state index contributed by atoms with van der Waals surface area (Å²) in [5.74, 6) is 0.139. The fourth-order valence-corrected chi connectivity index (χ4v) is 3.16. The molecule has 2 aromatic rings. The van der Waals surface area contributed by atoms with Crippen LogP contribution in [-0.2, 0) is 11.3 Å². The molecule has 0 radical (unpaired) electrons. The number of carbonyl (C=O) groups excluding carboxylic acids is 1. The molecule has 106 valence electrons. The zero-order valence-corrected chi connectivity index (χ0v) is 12.0. The fourth-order valence-electron chi connectivity index (χ4n) is 3.16. The minimum atomic E-state index is 0.139. The summed E-state index contributed by atoms with van der Waals surface area (Å²) in [6.07, 6.45) is 3.39. The standard InChI is InChI=1S/C15H20N4O/c1-11-6-5-7-12(2)19(11)15(20)10-18-14-9-4-3-8-13(14)16-17-18/h3-4,8-9,11-12H,5-7,10H2,1-2H3/t11-,12-/m0/s1. The normalized spacial score (nSPS) is 23.2. The van der Waals surface area contributed by atoms with E-state index in [2.05, 4.69) is 24.2 Å². The van der Waals surface area contributed by atoms with Gasteiger partial charge in [-0.1, -0.05) is 17.3 Å². The van der Waals surface area contributed by atoms with Crippen molar-refractivity contribution in [3.05, 3.63) is 24.3 Å². The summed E-state index contributed by atoms with van der Waals surface area (Å²) in [7, 11) is 0. The zero-order chi connectivity index (χ0) is 14.1. The maximum Gasteiger partial charge on any atom is 0.244 e. The molecule has 5 heteroatoms. The number of nitrogens with zero attached hydrogens (tertiary/aromatic N) is 4. The highest BCUT2D eigenvalue weighted by Gasteiger charge is 2.29. The predicted octanol–water partition coefficient (Wildman–Crippen LogP) is 2.22. The van der Waals surface area contributed by atoms with E-state index in [1.807, 2.05) is 29.2 Å². The Hall–Kier alpha value is -1.91. The van der Waals surface area contributed by atoms with Crippen molar-refractivity contribution in [3.8, 4) is 0 Å². The monoisotopic (exact) mass is 272 g/mol. The molecule has 1 aliphatic heterocycles. The quantitative estimate of drug-likeness (QED) is 0.842. The van der Waals surface area contributed by atoms with Gasteiger partial charge in [-0.05, 0) is 45.2 Å². The molecule has 1 aliphatic rings. The van der Waals surface area contributed by atoms with Crippen LogP contribution in [0.4, 0.5) is 0 Å². The van der Waals surface area contributed by atoms with Crippen LogP contribution in [0, 0.1) is 0 Å². The van der Waals surface area contributed by atoms with Crippen LogP contribution in [0.5, 0.6) is 0 Å². The second kappa shape index (κ2) is 5.23. The Morgan fingerprint density at radius 3 is 2.70 bits per heavy atom. The molecule has 1 aromatic carbocycles. The molecule has 1 fully saturated rings. The van der Waals surface area contributed by atoms with Crippen LogP contribution in [0.1, 0.15) is 33.1 Å². The number of hydrogen-bond donors (Lipinski definition) is 0. The average molecular weight is 272 g/mol. The topological polar surface area (TPSA) is 51.0 Å². The molecule has 3 rings (SSSR count). The van der Waals surface area contributed by atoms with Gasteiger partial charge < -0.3 is 4.90 Å².